The average molecular weight is 497 g/mol. The van der Waals surface area contributed by atoms with E-state index in [1.165, 1.54) is 17.7 Å². The molecule has 4 aromatic rings. The van der Waals surface area contributed by atoms with E-state index in [4.69, 9.17) is 18.6 Å². The van der Waals surface area contributed by atoms with E-state index in [0.29, 0.717) is 51.0 Å². The first-order chi connectivity index (χ1) is 17.0. The molecule has 2 N–H and O–H groups in total. The van der Waals surface area contributed by atoms with Gasteiger partial charge in [0.1, 0.15) is 16.4 Å². The quantitative estimate of drug-likeness (QED) is 0.302. The highest BCUT2D eigenvalue weighted by atomic mass is 32.1. The Kier molecular flexibility index (Phi) is 7.41. The molecule has 182 valence electrons. The minimum absolute atomic E-state index is 0.276. The maximum Gasteiger partial charge on any atom is 0.350 e. The summed E-state index contributed by atoms with van der Waals surface area (Å²) in [5.41, 5.74) is 2.05. The zero-order valence-electron chi connectivity index (χ0n) is 19.6. The van der Waals surface area contributed by atoms with Gasteiger partial charge in [0, 0.05) is 12.6 Å². The summed E-state index contributed by atoms with van der Waals surface area (Å²) in [6.07, 6.45) is 2.90. The first-order valence-corrected chi connectivity index (χ1v) is 11.5. The smallest absolute Gasteiger partial charge is 0.350 e. The van der Waals surface area contributed by atoms with Crippen molar-refractivity contribution in [1.82, 2.24) is 19.9 Å². The van der Waals surface area contributed by atoms with E-state index in [2.05, 4.69) is 30.6 Å². The molecule has 12 heteroatoms. The highest BCUT2D eigenvalue weighted by molar-refractivity contribution is 7.17. The zero-order valence-corrected chi connectivity index (χ0v) is 20.4. The number of esters is 1. The Labute approximate surface area is 205 Å². The predicted octanol–water partition coefficient (Wildman–Crippen LogP) is 4.45. The maximum atomic E-state index is 12.1. The molecule has 0 aliphatic heterocycles. The highest BCUT2D eigenvalue weighted by Gasteiger charge is 2.18. The largest absolute Gasteiger partial charge is 0.493 e. The van der Waals surface area contributed by atoms with Crippen molar-refractivity contribution in [2.24, 2.45) is 0 Å². The van der Waals surface area contributed by atoms with E-state index >= 15 is 0 Å². The van der Waals surface area contributed by atoms with Crippen LogP contribution in [0, 0.1) is 6.92 Å². The van der Waals surface area contributed by atoms with Gasteiger partial charge >= 0.3 is 5.97 Å². The summed E-state index contributed by atoms with van der Waals surface area (Å²) in [7, 11) is 3.19. The molecule has 0 atom stereocenters. The number of benzene rings is 1. The van der Waals surface area contributed by atoms with Gasteiger partial charge in [0.05, 0.1) is 32.7 Å². The van der Waals surface area contributed by atoms with Crippen LogP contribution in [0.25, 0.3) is 11.5 Å². The number of nitrogens with one attached hydrogen (secondary N) is 2. The number of thiazole rings is 1. The van der Waals surface area contributed by atoms with E-state index in [0.717, 1.165) is 5.56 Å². The van der Waals surface area contributed by atoms with Gasteiger partial charge in [-0.2, -0.15) is 4.98 Å². The Hall–Kier alpha value is -4.19. The number of ether oxygens (including phenoxy) is 3. The molecule has 3 aromatic heterocycles. The van der Waals surface area contributed by atoms with Crippen molar-refractivity contribution in [2.45, 2.75) is 20.4 Å². The van der Waals surface area contributed by atoms with Crippen molar-refractivity contribution >= 4 is 34.2 Å². The molecule has 0 bridgehead atoms. The summed E-state index contributed by atoms with van der Waals surface area (Å²) in [5, 5.41) is 6.83. The van der Waals surface area contributed by atoms with Gasteiger partial charge in [0.15, 0.2) is 28.8 Å². The van der Waals surface area contributed by atoms with Gasteiger partial charge < -0.3 is 23.9 Å². The van der Waals surface area contributed by atoms with E-state index in [1.54, 1.807) is 40.3 Å². The summed E-state index contributed by atoms with van der Waals surface area (Å²) in [6, 6.07) is 7.42. The molecule has 0 amide bonds. The SMILES string of the molecule is CCOC(=O)c1sc(Nc2nc(NCc3ccc(OC)c(OC)c3)cc(-c3cnco3)n2)nc1C. The van der Waals surface area contributed by atoms with Crippen LogP contribution in [0.5, 0.6) is 11.5 Å². The average Bonchev–Trinajstić information content (AvgIpc) is 3.52. The van der Waals surface area contributed by atoms with E-state index in [9.17, 15) is 4.79 Å². The standard InChI is InChI=1S/C23H24N6O5S/c1-5-33-21(30)20-13(2)26-23(35-20)29-22-27-15(18-11-24-12-34-18)9-19(28-22)25-10-14-6-7-16(31-3)17(8-14)32-4/h6-9,11-12H,5,10H2,1-4H3,(H2,25,26,27,28,29). The molecule has 0 saturated carbocycles. The topological polar surface area (TPSA) is 134 Å². The summed E-state index contributed by atoms with van der Waals surface area (Å²) in [6.45, 7) is 4.26. The lowest BCUT2D eigenvalue weighted by molar-refractivity contribution is 0.0531. The van der Waals surface area contributed by atoms with Crippen LogP contribution in [0.1, 0.15) is 27.9 Å². The first-order valence-electron chi connectivity index (χ1n) is 10.6. The second-order valence-electron chi connectivity index (χ2n) is 7.15. The van der Waals surface area contributed by atoms with Gasteiger partial charge in [-0.3, -0.25) is 5.32 Å². The van der Waals surface area contributed by atoms with Crippen molar-refractivity contribution in [2.75, 3.05) is 31.5 Å². The number of oxazole rings is 1. The number of nitrogens with zero attached hydrogens (tertiary/aromatic N) is 4. The normalized spacial score (nSPS) is 10.6. The Morgan fingerprint density at radius 3 is 2.66 bits per heavy atom. The third-order valence-electron chi connectivity index (χ3n) is 4.81. The molecule has 0 aliphatic rings. The summed E-state index contributed by atoms with van der Waals surface area (Å²) >= 11 is 1.17. The van der Waals surface area contributed by atoms with Crippen LogP contribution in [-0.4, -0.2) is 46.7 Å². The van der Waals surface area contributed by atoms with Gasteiger partial charge in [0.2, 0.25) is 5.95 Å². The van der Waals surface area contributed by atoms with Crippen molar-refractivity contribution < 1.29 is 23.4 Å². The highest BCUT2D eigenvalue weighted by Crippen LogP contribution is 2.29. The van der Waals surface area contributed by atoms with Gasteiger partial charge in [-0.25, -0.2) is 19.7 Å². The molecule has 35 heavy (non-hydrogen) atoms. The number of methoxy groups -OCH3 is 2. The molecule has 0 spiro atoms. The third-order valence-corrected chi connectivity index (χ3v) is 5.86. The fourth-order valence-electron chi connectivity index (χ4n) is 3.18. The molecule has 0 aliphatic carbocycles. The summed E-state index contributed by atoms with van der Waals surface area (Å²) in [4.78, 5) is 30.0. The molecular weight excluding hydrogens is 472 g/mol. The molecule has 3 heterocycles. The van der Waals surface area contributed by atoms with Crippen molar-refractivity contribution in [3.63, 3.8) is 0 Å². The lowest BCUT2D eigenvalue weighted by Crippen LogP contribution is -2.06. The van der Waals surface area contributed by atoms with Crippen molar-refractivity contribution in [3.8, 4) is 23.0 Å². The number of aryl methyl sites for hydroxylation is 1. The van der Waals surface area contributed by atoms with Crippen LogP contribution in [0.4, 0.5) is 16.9 Å². The van der Waals surface area contributed by atoms with Crippen molar-refractivity contribution in [3.05, 3.63) is 53.0 Å². The molecule has 1 aromatic carbocycles. The number of hydrogen-bond donors (Lipinski definition) is 2. The van der Waals surface area contributed by atoms with Crippen molar-refractivity contribution in [1.29, 1.82) is 0 Å². The van der Waals surface area contributed by atoms with Crippen LogP contribution in [0.15, 0.2) is 41.3 Å². The Morgan fingerprint density at radius 1 is 1.11 bits per heavy atom. The van der Waals surface area contributed by atoms with Gasteiger partial charge in [0.25, 0.3) is 0 Å². The minimum Gasteiger partial charge on any atom is -0.493 e. The van der Waals surface area contributed by atoms with E-state index < -0.39 is 5.97 Å². The van der Waals surface area contributed by atoms with E-state index in [1.807, 2.05) is 18.2 Å². The number of aromatic nitrogens is 4. The second kappa shape index (κ2) is 10.8. The van der Waals surface area contributed by atoms with Crippen LogP contribution in [0.2, 0.25) is 0 Å². The lowest BCUT2D eigenvalue weighted by Gasteiger charge is -2.12. The number of hydrogen-bond acceptors (Lipinski definition) is 12. The Morgan fingerprint density at radius 2 is 1.94 bits per heavy atom. The monoisotopic (exact) mass is 496 g/mol. The van der Waals surface area contributed by atoms with Crippen LogP contribution in [0.3, 0.4) is 0 Å². The first kappa shape index (κ1) is 24.0. The van der Waals surface area contributed by atoms with Crippen LogP contribution < -0.4 is 20.1 Å². The maximum absolute atomic E-state index is 12.1. The number of rotatable bonds is 10. The van der Waals surface area contributed by atoms with E-state index in [-0.39, 0.29) is 12.6 Å². The van der Waals surface area contributed by atoms with Crippen LogP contribution >= 0.6 is 11.3 Å². The minimum atomic E-state index is -0.413. The Balaban J connectivity index is 1.59. The third kappa shape index (κ3) is 5.66. The molecule has 11 nitrogen and oxygen atoms in total. The summed E-state index contributed by atoms with van der Waals surface area (Å²) in [5.74, 6) is 2.17. The number of anilines is 3. The molecule has 0 saturated heterocycles. The predicted molar refractivity (Wildman–Crippen MR) is 130 cm³/mol. The lowest BCUT2D eigenvalue weighted by atomic mass is 10.2. The van der Waals surface area contributed by atoms with Crippen LogP contribution in [-0.2, 0) is 11.3 Å². The number of carbonyl (C=O) groups excluding carboxylic acids is 1. The second-order valence-corrected chi connectivity index (χ2v) is 8.15. The molecule has 0 radical (unpaired) electrons. The molecular formula is C23H24N6O5S. The fraction of sp³-hybridized carbons (Fsp3) is 0.261. The Bertz CT molecular complexity index is 1310. The van der Waals surface area contributed by atoms with Gasteiger partial charge in [-0.1, -0.05) is 17.4 Å². The van der Waals surface area contributed by atoms with Gasteiger partial charge in [-0.05, 0) is 31.5 Å². The number of carbonyl (C=O) groups is 1. The fourth-order valence-corrected chi connectivity index (χ4v) is 4.03. The molecule has 4 rings (SSSR count). The zero-order chi connectivity index (χ0) is 24.8. The molecule has 0 unspecified atom stereocenters. The summed E-state index contributed by atoms with van der Waals surface area (Å²) < 4.78 is 21.2. The molecule has 0 fully saturated rings. The van der Waals surface area contributed by atoms with Gasteiger partial charge in [-0.15, -0.1) is 0 Å².